The van der Waals surface area contributed by atoms with Crippen molar-refractivity contribution >= 4 is 11.9 Å². The lowest BCUT2D eigenvalue weighted by Gasteiger charge is -2.33. The molecule has 22 heavy (non-hydrogen) atoms. The molecule has 0 spiro atoms. The highest BCUT2D eigenvalue weighted by molar-refractivity contribution is 6.01. The first-order valence-corrected chi connectivity index (χ1v) is 8.23. The van der Waals surface area contributed by atoms with Crippen LogP contribution in [0.3, 0.4) is 0 Å². The van der Waals surface area contributed by atoms with Gasteiger partial charge in [-0.1, -0.05) is 6.42 Å². The Hall–Kier alpha value is -1.82. The molecule has 6 heteroatoms. The number of nitrogens with zero attached hydrogens (tertiary/aromatic N) is 3. The van der Waals surface area contributed by atoms with Crippen LogP contribution in [0.25, 0.3) is 6.08 Å². The van der Waals surface area contributed by atoms with Crippen LogP contribution in [0, 0.1) is 4.91 Å². The van der Waals surface area contributed by atoms with Crippen molar-refractivity contribution in [1.29, 1.82) is 0 Å². The quantitative estimate of drug-likeness (QED) is 0.837. The third-order valence-electron chi connectivity index (χ3n) is 5.25. The van der Waals surface area contributed by atoms with Crippen LogP contribution in [0.15, 0.2) is 6.08 Å². The van der Waals surface area contributed by atoms with Crippen LogP contribution < -0.4 is 4.54 Å². The smallest absolute Gasteiger partial charge is 0.208 e. The fourth-order valence-corrected chi connectivity index (χ4v) is 4.17. The maximum absolute atomic E-state index is 12.3. The standard InChI is InChI=1S/C16H20N4O2/c21-14-7-6-13-15-12(14)5-4-11(16(15)20(22)18-17-13)10-19-8-2-1-3-9-19/h6-7,11-12H,1-5,8-10H2/p+1. The van der Waals surface area contributed by atoms with Gasteiger partial charge in [-0.2, -0.15) is 0 Å². The van der Waals surface area contributed by atoms with Crippen molar-refractivity contribution in [2.75, 3.05) is 19.6 Å². The zero-order chi connectivity index (χ0) is 15.1. The maximum Gasteiger partial charge on any atom is 0.208 e. The number of carbonyl (C=O) groups excluding carboxylic acids is 1. The first kappa shape index (κ1) is 13.8. The summed E-state index contributed by atoms with van der Waals surface area (Å²) in [5.41, 5.74) is 2.37. The number of carbonyl (C=O) groups is 1. The van der Waals surface area contributed by atoms with Crippen molar-refractivity contribution in [3.63, 3.8) is 0 Å². The van der Waals surface area contributed by atoms with E-state index in [-0.39, 0.29) is 17.6 Å². The summed E-state index contributed by atoms with van der Waals surface area (Å²) in [6, 6.07) is 0. The molecule has 116 valence electrons. The number of aromatic amines is 1. The highest BCUT2D eigenvalue weighted by Crippen LogP contribution is 2.41. The fraction of sp³-hybridized carbons (Fsp3) is 0.625. The number of rotatable bonds is 2. The first-order chi connectivity index (χ1) is 10.7. The van der Waals surface area contributed by atoms with Crippen LogP contribution >= 0.6 is 0 Å². The SMILES string of the molecule is O=C1C=Cc2n[nH][n+](=O)c3c2C1CCC3CN1CCCCC1. The summed E-state index contributed by atoms with van der Waals surface area (Å²) in [5.74, 6) is 0.132. The lowest BCUT2D eigenvalue weighted by Crippen LogP contribution is -2.42. The third-order valence-corrected chi connectivity index (χ3v) is 5.25. The minimum Gasteiger partial charge on any atom is -0.303 e. The van der Waals surface area contributed by atoms with E-state index in [2.05, 4.69) is 15.2 Å². The Morgan fingerprint density at radius 2 is 2.05 bits per heavy atom. The number of hydrogen-bond acceptors (Lipinski definition) is 4. The summed E-state index contributed by atoms with van der Waals surface area (Å²) in [7, 11) is 0. The normalized spacial score (nSPS) is 27.7. The van der Waals surface area contributed by atoms with Crippen molar-refractivity contribution in [2.24, 2.45) is 0 Å². The fourth-order valence-electron chi connectivity index (χ4n) is 4.17. The molecule has 1 N–H and O–H groups in total. The van der Waals surface area contributed by atoms with Crippen LogP contribution in [-0.4, -0.2) is 40.6 Å². The summed E-state index contributed by atoms with van der Waals surface area (Å²) in [6.45, 7) is 3.15. The number of nitrogens with one attached hydrogen (secondary N) is 1. The summed E-state index contributed by atoms with van der Waals surface area (Å²) in [6.07, 6.45) is 8.85. The molecule has 6 nitrogen and oxygen atoms in total. The lowest BCUT2D eigenvalue weighted by molar-refractivity contribution is -0.583. The van der Waals surface area contributed by atoms with Crippen LogP contribution in [0.1, 0.15) is 60.9 Å². The van der Waals surface area contributed by atoms with E-state index in [9.17, 15) is 9.70 Å². The molecular weight excluding hydrogens is 280 g/mol. The maximum atomic E-state index is 12.3. The average Bonchev–Trinajstić information content (AvgIpc) is 2.55. The average molecular weight is 301 g/mol. The van der Waals surface area contributed by atoms with Gasteiger partial charge in [0.1, 0.15) is 0 Å². The molecule has 0 radical (unpaired) electrons. The number of likely N-dealkylation sites (tertiary alicyclic amines) is 1. The van der Waals surface area contributed by atoms with Crippen LogP contribution in [0.4, 0.5) is 0 Å². The highest BCUT2D eigenvalue weighted by atomic mass is 16.3. The molecule has 0 aromatic carbocycles. The van der Waals surface area contributed by atoms with Gasteiger partial charge in [-0.05, 0) is 61.0 Å². The largest absolute Gasteiger partial charge is 0.303 e. The molecule has 2 atom stereocenters. The molecule has 0 bridgehead atoms. The second-order valence-corrected chi connectivity index (χ2v) is 6.61. The van der Waals surface area contributed by atoms with Gasteiger partial charge < -0.3 is 4.90 Å². The van der Waals surface area contributed by atoms with E-state index in [1.807, 2.05) is 0 Å². The van der Waals surface area contributed by atoms with Crippen molar-refractivity contribution in [1.82, 2.24) is 15.2 Å². The molecule has 1 aromatic heterocycles. The summed E-state index contributed by atoms with van der Waals surface area (Å²) < 4.78 is 0.784. The van der Waals surface area contributed by atoms with Crippen molar-refractivity contribution in [2.45, 2.75) is 43.9 Å². The van der Waals surface area contributed by atoms with Crippen molar-refractivity contribution < 1.29 is 9.34 Å². The molecule has 4 rings (SSSR count). The van der Waals surface area contributed by atoms with Crippen LogP contribution in [0.2, 0.25) is 0 Å². The molecule has 2 unspecified atom stereocenters. The molecule has 1 fully saturated rings. The first-order valence-electron chi connectivity index (χ1n) is 8.23. The molecule has 1 aliphatic heterocycles. The third kappa shape index (κ3) is 2.22. The van der Waals surface area contributed by atoms with E-state index in [0.29, 0.717) is 0 Å². The van der Waals surface area contributed by atoms with E-state index in [4.69, 9.17) is 0 Å². The molecule has 1 aromatic rings. The second-order valence-electron chi connectivity index (χ2n) is 6.61. The van der Waals surface area contributed by atoms with Gasteiger partial charge in [0.2, 0.25) is 5.69 Å². The Kier molecular flexibility index (Phi) is 3.41. The Labute approximate surface area is 128 Å². The van der Waals surface area contributed by atoms with Gasteiger partial charge in [0.25, 0.3) is 0 Å². The van der Waals surface area contributed by atoms with Crippen molar-refractivity contribution in [3.05, 3.63) is 27.9 Å². The molecular formula is C16H21N4O2+. The number of ketones is 1. The zero-order valence-corrected chi connectivity index (χ0v) is 12.6. The zero-order valence-electron chi connectivity index (χ0n) is 12.6. The van der Waals surface area contributed by atoms with Gasteiger partial charge in [0.15, 0.2) is 11.5 Å². The minimum absolute atomic E-state index is 0.109. The topological polar surface area (TPSA) is 72.0 Å². The predicted octanol–water partition coefficient (Wildman–Crippen LogP) is 1.37. The van der Waals surface area contributed by atoms with E-state index in [1.54, 1.807) is 12.2 Å². The Bertz CT molecular complexity index is 688. The Balaban J connectivity index is 1.72. The van der Waals surface area contributed by atoms with Crippen LogP contribution in [0.5, 0.6) is 0 Å². The minimum atomic E-state index is -0.171. The molecule has 1 saturated heterocycles. The number of H-pyrrole nitrogens is 1. The predicted molar refractivity (Wildman–Crippen MR) is 81.0 cm³/mol. The monoisotopic (exact) mass is 301 g/mol. The summed E-state index contributed by atoms with van der Waals surface area (Å²) >= 11 is 0. The summed E-state index contributed by atoms with van der Waals surface area (Å²) in [5, 5.41) is 6.65. The Morgan fingerprint density at radius 3 is 2.86 bits per heavy atom. The van der Waals surface area contributed by atoms with Gasteiger partial charge in [0.05, 0.1) is 16.0 Å². The molecule has 0 saturated carbocycles. The number of aromatic nitrogens is 3. The molecule has 2 heterocycles. The number of allylic oxidation sites excluding steroid dienone is 1. The van der Waals surface area contributed by atoms with Gasteiger partial charge in [-0.15, -0.1) is 0 Å². The van der Waals surface area contributed by atoms with E-state index < -0.39 is 0 Å². The number of piperidine rings is 1. The van der Waals surface area contributed by atoms with E-state index >= 15 is 0 Å². The molecule has 3 aliphatic rings. The van der Waals surface area contributed by atoms with Gasteiger partial charge in [0, 0.05) is 17.6 Å². The van der Waals surface area contributed by atoms with Gasteiger partial charge in [-0.25, -0.2) is 0 Å². The molecule has 2 aliphatic carbocycles. The second kappa shape index (κ2) is 5.43. The van der Waals surface area contributed by atoms with Gasteiger partial charge in [-0.3, -0.25) is 4.79 Å². The Morgan fingerprint density at radius 1 is 1.23 bits per heavy atom. The number of hydrogen-bond donors (Lipinski definition) is 1. The van der Waals surface area contributed by atoms with E-state index in [1.165, 1.54) is 19.3 Å². The lowest BCUT2D eigenvalue weighted by atomic mass is 9.75. The van der Waals surface area contributed by atoms with E-state index in [0.717, 1.165) is 54.0 Å². The molecule has 0 amide bonds. The van der Waals surface area contributed by atoms with Gasteiger partial charge >= 0.3 is 0 Å². The highest BCUT2D eigenvalue weighted by Gasteiger charge is 2.41. The summed E-state index contributed by atoms with van der Waals surface area (Å²) in [4.78, 5) is 26.9. The van der Waals surface area contributed by atoms with Crippen LogP contribution in [-0.2, 0) is 4.79 Å². The van der Waals surface area contributed by atoms with Crippen molar-refractivity contribution in [3.8, 4) is 0 Å².